The molecule has 4 heteroatoms. The lowest BCUT2D eigenvalue weighted by Gasteiger charge is -2.38. The first-order chi connectivity index (χ1) is 6.79. The minimum atomic E-state index is 0.100. The summed E-state index contributed by atoms with van der Waals surface area (Å²) in [4.78, 5) is 4.23. The zero-order valence-electron chi connectivity index (χ0n) is 8.33. The molecule has 3 nitrogen and oxygen atoms in total. The molecule has 0 saturated heterocycles. The molecule has 0 amide bonds. The molecule has 0 aliphatic heterocycles. The zero-order valence-corrected chi connectivity index (χ0v) is 9.15. The second kappa shape index (κ2) is 4.38. The quantitative estimate of drug-likeness (QED) is 0.719. The highest BCUT2D eigenvalue weighted by Crippen LogP contribution is 2.27. The van der Waals surface area contributed by atoms with E-state index in [0.29, 0.717) is 0 Å². The number of hydrogen-bond acceptors (Lipinski definition) is 4. The molecule has 3 N–H and O–H groups in total. The van der Waals surface area contributed by atoms with Crippen LogP contribution in [0, 0.1) is 0 Å². The summed E-state index contributed by atoms with van der Waals surface area (Å²) in [6.45, 7) is 1.95. The van der Waals surface area contributed by atoms with Crippen LogP contribution in [0.1, 0.15) is 24.3 Å². The van der Waals surface area contributed by atoms with Crippen molar-refractivity contribution in [3.63, 3.8) is 0 Å². The number of thiazole rings is 1. The van der Waals surface area contributed by atoms with Gasteiger partial charge in [-0.1, -0.05) is 0 Å². The van der Waals surface area contributed by atoms with E-state index in [0.717, 1.165) is 19.5 Å². The number of nitrogens with one attached hydrogen (secondary N) is 1. The summed E-state index contributed by atoms with van der Waals surface area (Å²) in [7, 11) is 0. The van der Waals surface area contributed by atoms with Crippen LogP contribution in [0.2, 0.25) is 0 Å². The first kappa shape index (κ1) is 10.1. The van der Waals surface area contributed by atoms with Crippen LogP contribution in [0.4, 0.5) is 0 Å². The van der Waals surface area contributed by atoms with E-state index >= 15 is 0 Å². The van der Waals surface area contributed by atoms with Crippen LogP contribution in [0.15, 0.2) is 11.6 Å². The number of nitrogens with two attached hydrogens (primary N) is 1. The summed E-state index contributed by atoms with van der Waals surface area (Å²) in [5, 5.41) is 6.63. The highest BCUT2D eigenvalue weighted by molar-refractivity contribution is 7.09. The molecular weight excluding hydrogens is 194 g/mol. The Morgan fingerprint density at radius 3 is 3.00 bits per heavy atom. The van der Waals surface area contributed by atoms with E-state index < -0.39 is 0 Å². The van der Waals surface area contributed by atoms with Gasteiger partial charge in [0.25, 0.3) is 0 Å². The van der Waals surface area contributed by atoms with E-state index in [1.807, 2.05) is 11.6 Å². The van der Waals surface area contributed by atoms with Gasteiger partial charge in [-0.3, -0.25) is 0 Å². The molecule has 1 fully saturated rings. The molecule has 1 aromatic heterocycles. The zero-order chi connectivity index (χ0) is 9.86. The maximum atomic E-state index is 6.09. The number of hydrogen-bond donors (Lipinski definition) is 2. The Morgan fingerprint density at radius 1 is 1.57 bits per heavy atom. The lowest BCUT2D eigenvalue weighted by atomic mass is 9.78. The van der Waals surface area contributed by atoms with Crippen LogP contribution in [-0.2, 0) is 6.42 Å². The van der Waals surface area contributed by atoms with Crippen LogP contribution in [0.3, 0.4) is 0 Å². The highest BCUT2D eigenvalue weighted by Gasteiger charge is 2.31. The summed E-state index contributed by atoms with van der Waals surface area (Å²) >= 11 is 1.72. The molecule has 0 bridgehead atoms. The van der Waals surface area contributed by atoms with Crippen molar-refractivity contribution in [2.24, 2.45) is 5.73 Å². The van der Waals surface area contributed by atoms with Gasteiger partial charge in [0.1, 0.15) is 0 Å². The Bertz CT molecular complexity index is 267. The van der Waals surface area contributed by atoms with Gasteiger partial charge in [-0.05, 0) is 19.3 Å². The molecule has 14 heavy (non-hydrogen) atoms. The van der Waals surface area contributed by atoms with E-state index in [2.05, 4.69) is 10.3 Å². The number of rotatable bonds is 5. The lowest BCUT2D eigenvalue weighted by molar-refractivity contribution is 0.240. The molecule has 1 saturated carbocycles. The van der Waals surface area contributed by atoms with Gasteiger partial charge < -0.3 is 11.1 Å². The predicted molar refractivity (Wildman–Crippen MR) is 59.5 cm³/mol. The number of nitrogens with zero attached hydrogens (tertiary/aromatic N) is 1. The van der Waals surface area contributed by atoms with Gasteiger partial charge in [0.05, 0.1) is 5.01 Å². The third kappa shape index (κ3) is 2.53. The van der Waals surface area contributed by atoms with E-state index in [4.69, 9.17) is 5.73 Å². The summed E-state index contributed by atoms with van der Waals surface area (Å²) < 4.78 is 0. The minimum Gasteiger partial charge on any atom is -0.324 e. The molecule has 0 unspecified atom stereocenters. The Balaban J connectivity index is 1.59. The van der Waals surface area contributed by atoms with Crippen LogP contribution in [0.25, 0.3) is 0 Å². The molecule has 0 radical (unpaired) electrons. The standard InChI is InChI=1S/C10H17N3S/c11-10(3-1-4-10)8-12-5-2-9-13-6-7-14-9/h6-7,12H,1-5,8,11H2. The Morgan fingerprint density at radius 2 is 2.43 bits per heavy atom. The molecule has 1 aliphatic rings. The van der Waals surface area contributed by atoms with E-state index in [1.54, 1.807) is 11.3 Å². The van der Waals surface area contributed by atoms with Gasteiger partial charge in [0, 0.05) is 36.6 Å². The summed E-state index contributed by atoms with van der Waals surface area (Å²) in [6.07, 6.45) is 6.53. The van der Waals surface area contributed by atoms with Crippen molar-refractivity contribution < 1.29 is 0 Å². The van der Waals surface area contributed by atoms with Gasteiger partial charge >= 0.3 is 0 Å². The molecule has 0 aromatic carbocycles. The Hall–Kier alpha value is -0.450. The lowest BCUT2D eigenvalue weighted by Crippen LogP contribution is -2.54. The second-order valence-corrected chi connectivity index (χ2v) is 5.05. The van der Waals surface area contributed by atoms with Crippen molar-refractivity contribution >= 4 is 11.3 Å². The summed E-state index contributed by atoms with van der Waals surface area (Å²) in [6, 6.07) is 0. The number of aromatic nitrogens is 1. The Labute approximate surface area is 88.7 Å². The normalized spacial score (nSPS) is 19.2. The SMILES string of the molecule is NC1(CNCCc2nccs2)CCC1. The fourth-order valence-electron chi connectivity index (χ4n) is 1.72. The van der Waals surface area contributed by atoms with Crippen LogP contribution in [0.5, 0.6) is 0 Å². The van der Waals surface area contributed by atoms with E-state index in [1.165, 1.54) is 24.3 Å². The van der Waals surface area contributed by atoms with Gasteiger partial charge in [0.2, 0.25) is 0 Å². The molecule has 78 valence electrons. The maximum absolute atomic E-state index is 6.09. The first-order valence-electron chi connectivity index (χ1n) is 5.16. The van der Waals surface area contributed by atoms with Crippen molar-refractivity contribution in [3.05, 3.63) is 16.6 Å². The maximum Gasteiger partial charge on any atom is 0.0937 e. The third-order valence-electron chi connectivity index (χ3n) is 2.83. The molecule has 1 aromatic rings. The smallest absolute Gasteiger partial charge is 0.0937 e. The largest absolute Gasteiger partial charge is 0.324 e. The minimum absolute atomic E-state index is 0.100. The van der Waals surface area contributed by atoms with Crippen molar-refractivity contribution in [1.29, 1.82) is 0 Å². The van der Waals surface area contributed by atoms with Crippen LogP contribution >= 0.6 is 11.3 Å². The van der Waals surface area contributed by atoms with Gasteiger partial charge in [0.15, 0.2) is 0 Å². The predicted octanol–water partition coefficient (Wildman–Crippen LogP) is 1.16. The first-order valence-corrected chi connectivity index (χ1v) is 6.04. The van der Waals surface area contributed by atoms with Crippen LogP contribution in [-0.4, -0.2) is 23.6 Å². The third-order valence-corrected chi connectivity index (χ3v) is 3.66. The summed E-state index contributed by atoms with van der Waals surface area (Å²) in [5.41, 5.74) is 6.19. The van der Waals surface area contributed by atoms with Crippen molar-refractivity contribution in [2.45, 2.75) is 31.2 Å². The van der Waals surface area contributed by atoms with Crippen molar-refractivity contribution in [1.82, 2.24) is 10.3 Å². The highest BCUT2D eigenvalue weighted by atomic mass is 32.1. The van der Waals surface area contributed by atoms with E-state index in [-0.39, 0.29) is 5.54 Å². The molecule has 2 rings (SSSR count). The van der Waals surface area contributed by atoms with Gasteiger partial charge in [-0.15, -0.1) is 11.3 Å². The topological polar surface area (TPSA) is 50.9 Å². The van der Waals surface area contributed by atoms with Crippen molar-refractivity contribution in [3.8, 4) is 0 Å². The second-order valence-electron chi connectivity index (χ2n) is 4.07. The fraction of sp³-hybridized carbons (Fsp3) is 0.700. The average molecular weight is 211 g/mol. The monoisotopic (exact) mass is 211 g/mol. The molecular formula is C10H17N3S. The van der Waals surface area contributed by atoms with Crippen molar-refractivity contribution in [2.75, 3.05) is 13.1 Å². The van der Waals surface area contributed by atoms with Gasteiger partial charge in [-0.25, -0.2) is 4.98 Å². The Kier molecular flexibility index (Phi) is 3.15. The molecule has 0 spiro atoms. The summed E-state index contributed by atoms with van der Waals surface area (Å²) in [5.74, 6) is 0. The molecule has 0 atom stereocenters. The van der Waals surface area contributed by atoms with Crippen LogP contribution < -0.4 is 11.1 Å². The molecule has 1 heterocycles. The molecule has 1 aliphatic carbocycles. The fourth-order valence-corrected chi connectivity index (χ4v) is 2.34. The average Bonchev–Trinajstić information content (AvgIpc) is 2.62. The van der Waals surface area contributed by atoms with Gasteiger partial charge in [-0.2, -0.15) is 0 Å². The van der Waals surface area contributed by atoms with E-state index in [9.17, 15) is 0 Å².